The van der Waals surface area contributed by atoms with Crippen LogP contribution in [0.15, 0.2) is 30.3 Å². The van der Waals surface area contributed by atoms with E-state index in [0.29, 0.717) is 33.5 Å². The van der Waals surface area contributed by atoms with Gasteiger partial charge in [0.1, 0.15) is 11.6 Å². The van der Waals surface area contributed by atoms with Crippen molar-refractivity contribution in [1.29, 1.82) is 0 Å². The highest BCUT2D eigenvalue weighted by Crippen LogP contribution is 2.37. The Balaban J connectivity index is 2.49. The van der Waals surface area contributed by atoms with Crippen LogP contribution in [0.4, 0.5) is 4.39 Å². The summed E-state index contributed by atoms with van der Waals surface area (Å²) < 4.78 is 19.3. The molecule has 0 bridgehead atoms. The average Bonchev–Trinajstić information content (AvgIpc) is 2.42. The number of hydrogen-bond acceptors (Lipinski definition) is 2. The first-order valence-electron chi connectivity index (χ1n) is 6.03. The molecule has 20 heavy (non-hydrogen) atoms. The van der Waals surface area contributed by atoms with E-state index in [1.165, 1.54) is 13.2 Å². The predicted octanol–water partition coefficient (Wildman–Crippen LogP) is 4.53. The molecule has 106 valence electrons. The van der Waals surface area contributed by atoms with Gasteiger partial charge in [-0.1, -0.05) is 35.3 Å². The summed E-state index contributed by atoms with van der Waals surface area (Å²) in [5.41, 5.74) is 1.83. The minimum absolute atomic E-state index is 0.333. The van der Waals surface area contributed by atoms with E-state index in [0.717, 1.165) is 5.56 Å². The monoisotopic (exact) mass is 313 g/mol. The zero-order valence-electron chi connectivity index (χ0n) is 11.1. The van der Waals surface area contributed by atoms with Gasteiger partial charge in [0, 0.05) is 23.7 Å². The quantitative estimate of drug-likeness (QED) is 0.895. The predicted molar refractivity (Wildman–Crippen MR) is 81.2 cm³/mol. The van der Waals surface area contributed by atoms with Crippen LogP contribution in [0, 0.1) is 5.82 Å². The lowest BCUT2D eigenvalue weighted by Gasteiger charge is -2.11. The van der Waals surface area contributed by atoms with E-state index in [1.807, 2.05) is 13.1 Å². The Morgan fingerprint density at radius 2 is 1.85 bits per heavy atom. The van der Waals surface area contributed by atoms with Crippen LogP contribution in [0.1, 0.15) is 5.56 Å². The summed E-state index contributed by atoms with van der Waals surface area (Å²) in [4.78, 5) is 0. The van der Waals surface area contributed by atoms with Gasteiger partial charge in [0.2, 0.25) is 0 Å². The molecule has 0 saturated heterocycles. The normalized spacial score (nSPS) is 10.7. The summed E-state index contributed by atoms with van der Waals surface area (Å²) >= 11 is 12.2. The zero-order valence-corrected chi connectivity index (χ0v) is 12.6. The molecule has 2 nitrogen and oxygen atoms in total. The van der Waals surface area contributed by atoms with Crippen LogP contribution in [0.5, 0.6) is 5.75 Å². The van der Waals surface area contributed by atoms with Gasteiger partial charge in [-0.2, -0.15) is 0 Å². The molecule has 1 N–H and O–H groups in total. The van der Waals surface area contributed by atoms with Crippen LogP contribution in [-0.4, -0.2) is 14.2 Å². The Morgan fingerprint density at radius 3 is 2.45 bits per heavy atom. The largest absolute Gasteiger partial charge is 0.495 e. The van der Waals surface area contributed by atoms with Crippen LogP contribution in [0.25, 0.3) is 11.1 Å². The van der Waals surface area contributed by atoms with Crippen molar-refractivity contribution in [3.05, 3.63) is 51.8 Å². The molecule has 0 radical (unpaired) electrons. The molecule has 2 aromatic carbocycles. The maximum absolute atomic E-state index is 14.2. The molecule has 0 aliphatic carbocycles. The highest BCUT2D eigenvalue weighted by Gasteiger charge is 2.13. The summed E-state index contributed by atoms with van der Waals surface area (Å²) in [6, 6.07) is 8.23. The molecule has 5 heteroatoms. The van der Waals surface area contributed by atoms with E-state index in [2.05, 4.69) is 5.32 Å². The molecular formula is C15H14Cl2FNO. The van der Waals surface area contributed by atoms with Crippen LogP contribution in [0.2, 0.25) is 10.0 Å². The zero-order chi connectivity index (χ0) is 14.7. The molecule has 0 aliphatic rings. The maximum Gasteiger partial charge on any atom is 0.138 e. The molecule has 2 rings (SSSR count). The second-order valence-corrected chi connectivity index (χ2v) is 5.13. The van der Waals surface area contributed by atoms with E-state index >= 15 is 0 Å². The van der Waals surface area contributed by atoms with Gasteiger partial charge >= 0.3 is 0 Å². The summed E-state index contributed by atoms with van der Waals surface area (Å²) in [5, 5.41) is 3.76. The summed E-state index contributed by atoms with van der Waals surface area (Å²) in [7, 11) is 3.32. The Bertz CT molecular complexity index is 632. The Morgan fingerprint density at radius 1 is 1.10 bits per heavy atom. The van der Waals surface area contributed by atoms with Crippen LogP contribution in [0.3, 0.4) is 0 Å². The van der Waals surface area contributed by atoms with E-state index in [4.69, 9.17) is 27.9 Å². The van der Waals surface area contributed by atoms with Crippen molar-refractivity contribution in [1.82, 2.24) is 5.32 Å². The second-order valence-electron chi connectivity index (χ2n) is 4.31. The number of methoxy groups -OCH3 is 1. The van der Waals surface area contributed by atoms with Crippen molar-refractivity contribution in [2.75, 3.05) is 14.2 Å². The molecule has 0 spiro atoms. The minimum atomic E-state index is -0.333. The number of ether oxygens (including phenoxy) is 1. The fraction of sp³-hybridized carbons (Fsp3) is 0.200. The number of benzene rings is 2. The van der Waals surface area contributed by atoms with Gasteiger partial charge in [-0.3, -0.25) is 0 Å². The van der Waals surface area contributed by atoms with Crippen molar-refractivity contribution < 1.29 is 9.13 Å². The Labute approximate surface area is 127 Å². The number of hydrogen-bond donors (Lipinski definition) is 1. The highest BCUT2D eigenvalue weighted by molar-refractivity contribution is 6.36. The third-order valence-corrected chi connectivity index (χ3v) is 3.55. The molecule has 2 aromatic rings. The minimum Gasteiger partial charge on any atom is -0.495 e. The lowest BCUT2D eigenvalue weighted by atomic mass is 10.0. The molecule has 0 saturated carbocycles. The average molecular weight is 314 g/mol. The van der Waals surface area contributed by atoms with Gasteiger partial charge in [0.15, 0.2) is 0 Å². The molecule has 0 aromatic heterocycles. The third kappa shape index (κ3) is 3.06. The third-order valence-electron chi connectivity index (χ3n) is 2.95. The topological polar surface area (TPSA) is 21.3 Å². The Hall–Kier alpha value is -1.29. The van der Waals surface area contributed by atoms with Gasteiger partial charge < -0.3 is 10.1 Å². The van der Waals surface area contributed by atoms with Crippen LogP contribution < -0.4 is 10.1 Å². The van der Waals surface area contributed by atoms with E-state index in [9.17, 15) is 4.39 Å². The molecule has 0 amide bonds. The van der Waals surface area contributed by atoms with Crippen molar-refractivity contribution in [3.8, 4) is 16.9 Å². The van der Waals surface area contributed by atoms with Gasteiger partial charge in [-0.25, -0.2) is 4.39 Å². The molecule has 0 aliphatic heterocycles. The summed E-state index contributed by atoms with van der Waals surface area (Å²) in [5.74, 6) is 0.133. The molecule has 0 fully saturated rings. The van der Waals surface area contributed by atoms with Crippen molar-refractivity contribution >= 4 is 23.2 Å². The lowest BCUT2D eigenvalue weighted by Crippen LogP contribution is -2.05. The maximum atomic E-state index is 14.2. The van der Waals surface area contributed by atoms with Gasteiger partial charge in [0.05, 0.1) is 17.2 Å². The van der Waals surface area contributed by atoms with Crippen molar-refractivity contribution in [3.63, 3.8) is 0 Å². The van der Waals surface area contributed by atoms with Crippen molar-refractivity contribution in [2.45, 2.75) is 6.54 Å². The van der Waals surface area contributed by atoms with Gasteiger partial charge in [0.25, 0.3) is 0 Å². The lowest BCUT2D eigenvalue weighted by molar-refractivity contribution is 0.415. The Kier molecular flexibility index (Phi) is 4.86. The standard InChI is InChI=1S/C15H14Cl2FNO/c1-19-8-9-3-4-10(14(18)5-9)11-6-13(17)15(20-2)7-12(11)16/h3-7,19H,8H2,1-2H3. The summed E-state index contributed by atoms with van der Waals surface area (Å²) in [6.07, 6.45) is 0. The molecule has 0 unspecified atom stereocenters. The molecular weight excluding hydrogens is 300 g/mol. The van der Waals surface area contributed by atoms with E-state index < -0.39 is 0 Å². The molecule has 0 heterocycles. The number of nitrogens with one attached hydrogen (secondary N) is 1. The van der Waals surface area contributed by atoms with Crippen molar-refractivity contribution in [2.24, 2.45) is 0 Å². The van der Waals surface area contributed by atoms with E-state index in [1.54, 1.807) is 18.2 Å². The SMILES string of the molecule is CNCc1ccc(-c2cc(Cl)c(OC)cc2Cl)c(F)c1. The first-order chi connectivity index (χ1) is 9.56. The molecule has 0 atom stereocenters. The number of halogens is 3. The van der Waals surface area contributed by atoms with Crippen LogP contribution >= 0.6 is 23.2 Å². The fourth-order valence-corrected chi connectivity index (χ4v) is 2.48. The second kappa shape index (κ2) is 6.44. The highest BCUT2D eigenvalue weighted by atomic mass is 35.5. The number of rotatable bonds is 4. The summed E-state index contributed by atoms with van der Waals surface area (Å²) in [6.45, 7) is 0.605. The van der Waals surface area contributed by atoms with Gasteiger partial charge in [-0.05, 0) is 24.7 Å². The first kappa shape index (κ1) is 15.1. The smallest absolute Gasteiger partial charge is 0.138 e. The fourth-order valence-electron chi connectivity index (χ4n) is 1.98. The van der Waals surface area contributed by atoms with Gasteiger partial charge in [-0.15, -0.1) is 0 Å². The van der Waals surface area contributed by atoms with E-state index in [-0.39, 0.29) is 5.82 Å². The first-order valence-corrected chi connectivity index (χ1v) is 6.79. The van der Waals surface area contributed by atoms with Crippen LogP contribution in [-0.2, 0) is 6.54 Å².